The van der Waals surface area contributed by atoms with Crippen molar-refractivity contribution in [1.29, 1.82) is 0 Å². The molecule has 14 heteroatoms. The molecule has 4 aromatic rings. The number of pyridine rings is 2. The summed E-state index contributed by atoms with van der Waals surface area (Å²) in [4.78, 5) is 71.3. The summed E-state index contributed by atoms with van der Waals surface area (Å²) in [5.41, 5.74) is 15.3. The number of urea groups is 2. The predicted molar refractivity (Wildman–Crippen MR) is 221 cm³/mol. The highest BCUT2D eigenvalue weighted by atomic mass is 16.3. The summed E-state index contributed by atoms with van der Waals surface area (Å²) in [5, 5.41) is 25.2. The molecule has 0 saturated carbocycles. The van der Waals surface area contributed by atoms with Crippen LogP contribution in [0.5, 0.6) is 0 Å². The van der Waals surface area contributed by atoms with Gasteiger partial charge in [0.15, 0.2) is 0 Å². The molecule has 2 aromatic carbocycles. The van der Waals surface area contributed by atoms with Crippen molar-refractivity contribution < 1.29 is 29.4 Å². The van der Waals surface area contributed by atoms with Crippen LogP contribution in [0.25, 0.3) is 0 Å². The second-order valence-corrected chi connectivity index (χ2v) is 15.4. The van der Waals surface area contributed by atoms with E-state index in [0.29, 0.717) is 22.5 Å². The monoisotopic (exact) mass is 794 g/mol. The smallest absolute Gasteiger partial charge is 0.327 e. The normalized spacial score (nSPS) is 14.5. The number of aromatic nitrogens is 2. The topological polar surface area (TPSA) is 200 Å². The highest BCUT2D eigenvalue weighted by molar-refractivity contribution is 5.98. The van der Waals surface area contributed by atoms with Crippen LogP contribution < -0.4 is 11.5 Å². The third kappa shape index (κ3) is 11.8. The van der Waals surface area contributed by atoms with Crippen molar-refractivity contribution in [2.24, 2.45) is 23.3 Å². The zero-order chi connectivity index (χ0) is 42.5. The second kappa shape index (κ2) is 21.3. The van der Waals surface area contributed by atoms with Crippen molar-refractivity contribution in [2.45, 2.75) is 90.0 Å². The highest BCUT2D eigenvalue weighted by Gasteiger charge is 2.47. The van der Waals surface area contributed by atoms with E-state index in [4.69, 9.17) is 11.5 Å². The van der Waals surface area contributed by atoms with Crippen LogP contribution in [0.3, 0.4) is 0 Å². The Bertz CT molecular complexity index is 1770. The lowest BCUT2D eigenvalue weighted by Crippen LogP contribution is -2.65. The summed E-state index contributed by atoms with van der Waals surface area (Å²) in [7, 11) is 3.01. The lowest BCUT2D eigenvalue weighted by Gasteiger charge is -2.43. The van der Waals surface area contributed by atoms with E-state index in [1.807, 2.05) is 0 Å². The third-order valence-electron chi connectivity index (χ3n) is 10.2. The van der Waals surface area contributed by atoms with Gasteiger partial charge in [-0.3, -0.25) is 29.4 Å². The zero-order valence-corrected chi connectivity index (χ0v) is 34.2. The summed E-state index contributed by atoms with van der Waals surface area (Å²) >= 11 is 0. The molecular formula is C44H58N8O6. The number of hydrogen-bond acceptors (Lipinski definition) is 10. The maximum atomic E-state index is 14.6. The largest absolute Gasteiger partial charge is 0.388 e. The van der Waals surface area contributed by atoms with Gasteiger partial charge in [0.05, 0.1) is 48.6 Å². The van der Waals surface area contributed by atoms with Gasteiger partial charge in [0.1, 0.15) is 12.2 Å². The molecule has 0 radical (unpaired) electrons. The van der Waals surface area contributed by atoms with Gasteiger partial charge in [-0.1, -0.05) is 100 Å². The van der Waals surface area contributed by atoms with Gasteiger partial charge in [-0.2, -0.15) is 0 Å². The minimum atomic E-state index is -1.93. The van der Waals surface area contributed by atoms with E-state index in [1.165, 1.54) is 23.9 Å². The number of hydrogen-bond donors (Lipinski definition) is 4. The average Bonchev–Trinajstić information content (AvgIpc) is 3.23. The van der Waals surface area contributed by atoms with Crippen LogP contribution >= 0.6 is 0 Å². The fourth-order valence-corrected chi connectivity index (χ4v) is 6.56. The molecule has 0 spiro atoms. The van der Waals surface area contributed by atoms with E-state index in [2.05, 4.69) is 9.97 Å². The first-order valence-corrected chi connectivity index (χ1v) is 19.5. The van der Waals surface area contributed by atoms with E-state index in [0.717, 1.165) is 9.80 Å². The molecular weight excluding hydrogens is 737 g/mol. The molecule has 0 bridgehead atoms. The third-order valence-corrected chi connectivity index (χ3v) is 10.2. The quantitative estimate of drug-likeness (QED) is 0.122. The Morgan fingerprint density at radius 1 is 0.552 bits per heavy atom. The summed E-state index contributed by atoms with van der Waals surface area (Å²) in [6.45, 7) is 6.99. The molecule has 0 saturated heterocycles. The van der Waals surface area contributed by atoms with Crippen molar-refractivity contribution in [2.75, 3.05) is 14.1 Å². The molecule has 0 aliphatic carbocycles. The number of carbonyl (C=O) groups is 4. The number of imide groups is 2. The van der Waals surface area contributed by atoms with Crippen molar-refractivity contribution >= 4 is 23.9 Å². The minimum absolute atomic E-state index is 0.0141. The predicted octanol–water partition coefficient (Wildman–Crippen LogP) is 3.85. The van der Waals surface area contributed by atoms with E-state index in [1.54, 1.807) is 137 Å². The number of amides is 6. The van der Waals surface area contributed by atoms with Crippen LogP contribution in [0.2, 0.25) is 0 Å². The molecule has 6 atom stereocenters. The first-order chi connectivity index (χ1) is 27.6. The number of carbonyl (C=O) groups excluding carboxylic acids is 4. The number of nitrogens with two attached hydrogens (primary N) is 2. The fourth-order valence-electron chi connectivity index (χ4n) is 6.56. The van der Waals surface area contributed by atoms with Gasteiger partial charge in [-0.25, -0.2) is 9.59 Å². The van der Waals surface area contributed by atoms with Gasteiger partial charge in [-0.15, -0.1) is 0 Å². The van der Waals surface area contributed by atoms with E-state index < -0.39 is 72.1 Å². The minimum Gasteiger partial charge on any atom is -0.388 e. The Balaban J connectivity index is 1.89. The van der Waals surface area contributed by atoms with Gasteiger partial charge in [0.25, 0.3) is 0 Å². The Labute approximate surface area is 341 Å². The lowest BCUT2D eigenvalue weighted by molar-refractivity contribution is -0.143. The standard InChI is InChI=1S/C44H58N8O6/c1-29(2)37(45)41(55)51(43(57)49(5)27-33-21-13-15-23-47-33)35(25-31-17-9-7-10-18-31)39(53)40(54)36(26-32-19-11-8-12-20-32)52(42(56)38(46)30(3)4)44(58)50(6)28-34-22-14-16-24-48-34/h7-24,29-30,35-40,53-54H,25-28,45-46H2,1-6H3/t35-,36-,37-,38-,39-,40+/m0/s1. The Kier molecular flexibility index (Phi) is 16.6. The average molecular weight is 795 g/mol. The molecule has 0 aliphatic rings. The van der Waals surface area contributed by atoms with Gasteiger partial charge in [-0.05, 0) is 60.1 Å². The van der Waals surface area contributed by atoms with Gasteiger partial charge in [0.2, 0.25) is 11.8 Å². The van der Waals surface area contributed by atoms with Crippen LogP contribution in [0.15, 0.2) is 109 Å². The van der Waals surface area contributed by atoms with Crippen LogP contribution in [0.1, 0.15) is 50.2 Å². The lowest BCUT2D eigenvalue weighted by atomic mass is 9.88. The van der Waals surface area contributed by atoms with Crippen LogP contribution in [-0.2, 0) is 35.5 Å². The fraction of sp³-hybridized carbons (Fsp3) is 0.409. The highest BCUT2D eigenvalue weighted by Crippen LogP contribution is 2.26. The van der Waals surface area contributed by atoms with E-state index in [9.17, 15) is 29.4 Å². The van der Waals surface area contributed by atoms with Gasteiger partial charge in [0, 0.05) is 26.5 Å². The van der Waals surface area contributed by atoms with Gasteiger partial charge < -0.3 is 31.5 Å². The SMILES string of the molecule is CC(C)[C@H](N)C(=O)N(C(=O)N(C)Cc1ccccn1)[C@@H](Cc1ccccc1)[C@H](O)[C@H](O)[C@H](Cc1ccccc1)N(C(=O)[C@@H](N)C(C)C)C(=O)N(C)Cc1ccccn1. The molecule has 310 valence electrons. The molecule has 2 aromatic heterocycles. The summed E-state index contributed by atoms with van der Waals surface area (Å²) in [5.74, 6) is -2.37. The molecule has 58 heavy (non-hydrogen) atoms. The van der Waals surface area contributed by atoms with Crippen molar-refractivity contribution in [3.05, 3.63) is 132 Å². The van der Waals surface area contributed by atoms with Crippen molar-refractivity contribution in [3.8, 4) is 0 Å². The summed E-state index contributed by atoms with van der Waals surface area (Å²) in [6.07, 6.45) is -0.894. The van der Waals surface area contributed by atoms with E-state index in [-0.39, 0.29) is 25.9 Å². The number of rotatable bonds is 17. The maximum Gasteiger partial charge on any atom is 0.327 e. The summed E-state index contributed by atoms with van der Waals surface area (Å²) < 4.78 is 0. The Morgan fingerprint density at radius 3 is 1.17 bits per heavy atom. The maximum absolute atomic E-state index is 14.6. The number of benzene rings is 2. The van der Waals surface area contributed by atoms with Crippen LogP contribution in [0.4, 0.5) is 9.59 Å². The number of nitrogens with zero attached hydrogens (tertiary/aromatic N) is 6. The molecule has 4 rings (SSSR count). The first-order valence-electron chi connectivity index (χ1n) is 19.5. The summed E-state index contributed by atoms with van der Waals surface area (Å²) in [6, 6.07) is 21.5. The Hall–Kier alpha value is -5.54. The Morgan fingerprint density at radius 2 is 0.879 bits per heavy atom. The first kappa shape index (κ1) is 45.2. The number of aliphatic hydroxyl groups is 2. The number of aliphatic hydroxyl groups excluding tert-OH is 2. The molecule has 14 nitrogen and oxygen atoms in total. The molecule has 0 unspecified atom stereocenters. The van der Waals surface area contributed by atoms with Crippen LogP contribution in [-0.4, -0.2) is 114 Å². The molecule has 6 amide bonds. The van der Waals surface area contributed by atoms with Crippen LogP contribution in [0, 0.1) is 11.8 Å². The van der Waals surface area contributed by atoms with E-state index >= 15 is 0 Å². The molecule has 0 aliphatic heterocycles. The van der Waals surface area contributed by atoms with Crippen molar-refractivity contribution in [1.82, 2.24) is 29.6 Å². The second-order valence-electron chi connectivity index (χ2n) is 15.4. The molecule has 2 heterocycles. The zero-order valence-electron chi connectivity index (χ0n) is 34.2. The van der Waals surface area contributed by atoms with Crippen molar-refractivity contribution in [3.63, 3.8) is 0 Å². The molecule has 0 fully saturated rings. The molecule has 6 N–H and O–H groups in total. The van der Waals surface area contributed by atoms with Gasteiger partial charge >= 0.3 is 12.1 Å².